The Morgan fingerprint density at radius 1 is 1.62 bits per heavy atom. The first-order chi connectivity index (χ1) is 6.27. The van der Waals surface area contributed by atoms with E-state index >= 15 is 0 Å². The van der Waals surface area contributed by atoms with E-state index in [2.05, 4.69) is 27.3 Å². The number of piperazine rings is 1. The van der Waals surface area contributed by atoms with Crippen LogP contribution in [0.3, 0.4) is 0 Å². The van der Waals surface area contributed by atoms with Gasteiger partial charge in [-0.05, 0) is 13.8 Å². The first-order valence-corrected chi connectivity index (χ1v) is 4.55. The van der Waals surface area contributed by atoms with Crippen LogP contribution in [-0.2, 0) is 0 Å². The van der Waals surface area contributed by atoms with Crippen molar-refractivity contribution in [3.05, 3.63) is 5.82 Å². The summed E-state index contributed by atoms with van der Waals surface area (Å²) >= 11 is 0. The van der Waals surface area contributed by atoms with Gasteiger partial charge in [-0.15, -0.1) is 0 Å². The molecule has 13 heavy (non-hydrogen) atoms. The predicted octanol–water partition coefficient (Wildman–Crippen LogP) is 0.176. The van der Waals surface area contributed by atoms with Crippen LogP contribution in [0.4, 0.5) is 6.01 Å². The molecule has 72 valence electrons. The largest absolute Gasteiger partial charge is 0.324 e. The Hall–Kier alpha value is -1.10. The standard InChI is InChI=1S/C8H14N4O/c1-6-5-9-3-4-12(6)8-10-7(2)11-13-8/h6,9H,3-5H2,1-2H3/t6-/m0/s1. The zero-order valence-corrected chi connectivity index (χ0v) is 7.95. The molecule has 1 aromatic rings. The number of anilines is 1. The molecule has 1 fully saturated rings. The van der Waals surface area contributed by atoms with Crippen molar-refractivity contribution in [3.63, 3.8) is 0 Å². The molecule has 0 radical (unpaired) electrons. The summed E-state index contributed by atoms with van der Waals surface area (Å²) in [4.78, 5) is 6.34. The number of hydrogen-bond acceptors (Lipinski definition) is 5. The van der Waals surface area contributed by atoms with Crippen LogP contribution in [0.25, 0.3) is 0 Å². The fourth-order valence-electron chi connectivity index (χ4n) is 1.53. The van der Waals surface area contributed by atoms with Crippen LogP contribution in [0.5, 0.6) is 0 Å². The molecule has 1 aromatic heterocycles. The number of hydrogen-bond donors (Lipinski definition) is 1. The van der Waals surface area contributed by atoms with Crippen molar-refractivity contribution < 1.29 is 4.52 Å². The molecule has 5 nitrogen and oxygen atoms in total. The molecule has 1 saturated heterocycles. The lowest BCUT2D eigenvalue weighted by Crippen LogP contribution is -2.50. The Morgan fingerprint density at radius 3 is 3.08 bits per heavy atom. The molecule has 2 heterocycles. The van der Waals surface area contributed by atoms with E-state index in [-0.39, 0.29) is 0 Å². The summed E-state index contributed by atoms with van der Waals surface area (Å²) in [7, 11) is 0. The Bertz CT molecular complexity index is 285. The third kappa shape index (κ3) is 1.65. The molecular formula is C8H14N4O. The maximum atomic E-state index is 5.11. The van der Waals surface area contributed by atoms with E-state index in [0.29, 0.717) is 17.9 Å². The molecule has 2 rings (SSSR count). The van der Waals surface area contributed by atoms with Gasteiger partial charge in [0.2, 0.25) is 0 Å². The molecule has 1 aliphatic heterocycles. The number of nitrogens with one attached hydrogen (secondary N) is 1. The minimum Gasteiger partial charge on any atom is -0.319 e. The summed E-state index contributed by atoms with van der Waals surface area (Å²) < 4.78 is 5.11. The van der Waals surface area contributed by atoms with Gasteiger partial charge < -0.3 is 14.7 Å². The minimum absolute atomic E-state index is 0.425. The molecule has 0 saturated carbocycles. The van der Waals surface area contributed by atoms with E-state index in [0.717, 1.165) is 19.6 Å². The van der Waals surface area contributed by atoms with E-state index in [1.54, 1.807) is 0 Å². The van der Waals surface area contributed by atoms with Gasteiger partial charge in [0.15, 0.2) is 5.82 Å². The fraction of sp³-hybridized carbons (Fsp3) is 0.750. The first kappa shape index (κ1) is 8.50. The average molecular weight is 182 g/mol. The highest BCUT2D eigenvalue weighted by molar-refractivity contribution is 5.28. The SMILES string of the molecule is Cc1noc(N2CCNC[C@@H]2C)n1. The minimum atomic E-state index is 0.425. The highest BCUT2D eigenvalue weighted by atomic mass is 16.5. The van der Waals surface area contributed by atoms with Crippen molar-refractivity contribution in [1.29, 1.82) is 0 Å². The third-order valence-electron chi connectivity index (χ3n) is 2.26. The smallest absolute Gasteiger partial charge is 0.319 e. The second-order valence-corrected chi connectivity index (χ2v) is 3.37. The average Bonchev–Trinajstić information content (AvgIpc) is 2.53. The van der Waals surface area contributed by atoms with Crippen LogP contribution in [0.2, 0.25) is 0 Å². The number of aryl methyl sites for hydroxylation is 1. The Labute approximate surface area is 77.1 Å². The summed E-state index contributed by atoms with van der Waals surface area (Å²) in [5.41, 5.74) is 0. The molecule has 1 N–H and O–H groups in total. The van der Waals surface area contributed by atoms with Crippen LogP contribution in [0.15, 0.2) is 4.52 Å². The van der Waals surface area contributed by atoms with E-state index in [1.807, 2.05) is 6.92 Å². The molecular weight excluding hydrogens is 168 g/mol. The predicted molar refractivity (Wildman–Crippen MR) is 48.7 cm³/mol. The van der Waals surface area contributed by atoms with Gasteiger partial charge in [0.25, 0.3) is 0 Å². The van der Waals surface area contributed by atoms with Crippen molar-refractivity contribution in [3.8, 4) is 0 Å². The third-order valence-corrected chi connectivity index (χ3v) is 2.26. The van der Waals surface area contributed by atoms with E-state index < -0.39 is 0 Å². The fourth-order valence-corrected chi connectivity index (χ4v) is 1.53. The van der Waals surface area contributed by atoms with Gasteiger partial charge in [0, 0.05) is 25.7 Å². The van der Waals surface area contributed by atoms with Gasteiger partial charge in [0.05, 0.1) is 0 Å². The van der Waals surface area contributed by atoms with Crippen LogP contribution in [0.1, 0.15) is 12.7 Å². The highest BCUT2D eigenvalue weighted by Crippen LogP contribution is 2.14. The monoisotopic (exact) mass is 182 g/mol. The number of nitrogens with zero attached hydrogens (tertiary/aromatic N) is 3. The Balaban J connectivity index is 2.14. The molecule has 0 unspecified atom stereocenters. The molecule has 0 aliphatic carbocycles. The van der Waals surface area contributed by atoms with Crippen LogP contribution >= 0.6 is 0 Å². The summed E-state index contributed by atoms with van der Waals surface area (Å²) in [5.74, 6) is 0.695. The Kier molecular flexibility index (Phi) is 2.18. The van der Waals surface area contributed by atoms with Crippen molar-refractivity contribution in [2.75, 3.05) is 24.5 Å². The van der Waals surface area contributed by atoms with Gasteiger partial charge in [-0.25, -0.2) is 0 Å². The number of rotatable bonds is 1. The molecule has 1 aliphatic rings. The number of aromatic nitrogens is 2. The van der Waals surface area contributed by atoms with Gasteiger partial charge in [-0.2, -0.15) is 4.98 Å². The Morgan fingerprint density at radius 2 is 2.46 bits per heavy atom. The molecule has 0 amide bonds. The summed E-state index contributed by atoms with van der Waals surface area (Å²) in [6.07, 6.45) is 0. The molecule has 0 spiro atoms. The topological polar surface area (TPSA) is 54.2 Å². The van der Waals surface area contributed by atoms with Gasteiger partial charge >= 0.3 is 6.01 Å². The first-order valence-electron chi connectivity index (χ1n) is 4.55. The quantitative estimate of drug-likeness (QED) is 0.671. The lowest BCUT2D eigenvalue weighted by Gasteiger charge is -2.31. The van der Waals surface area contributed by atoms with E-state index in [4.69, 9.17) is 4.52 Å². The van der Waals surface area contributed by atoms with Crippen molar-refractivity contribution in [2.45, 2.75) is 19.9 Å². The second-order valence-electron chi connectivity index (χ2n) is 3.37. The van der Waals surface area contributed by atoms with E-state index in [9.17, 15) is 0 Å². The normalized spacial score (nSPS) is 23.5. The summed E-state index contributed by atoms with van der Waals surface area (Å²) in [6, 6.07) is 1.07. The van der Waals surface area contributed by atoms with Gasteiger partial charge in [-0.1, -0.05) is 5.16 Å². The lowest BCUT2D eigenvalue weighted by atomic mass is 10.2. The molecule has 5 heteroatoms. The summed E-state index contributed by atoms with van der Waals surface area (Å²) in [5, 5.41) is 7.09. The van der Waals surface area contributed by atoms with Gasteiger partial charge in [-0.3, -0.25) is 0 Å². The molecule has 1 atom stereocenters. The van der Waals surface area contributed by atoms with Crippen molar-refractivity contribution >= 4 is 6.01 Å². The van der Waals surface area contributed by atoms with Crippen LogP contribution in [0, 0.1) is 6.92 Å². The van der Waals surface area contributed by atoms with Crippen molar-refractivity contribution in [2.24, 2.45) is 0 Å². The van der Waals surface area contributed by atoms with E-state index in [1.165, 1.54) is 0 Å². The second kappa shape index (κ2) is 3.33. The maximum Gasteiger partial charge on any atom is 0.324 e. The van der Waals surface area contributed by atoms with Crippen LogP contribution < -0.4 is 10.2 Å². The molecule has 0 bridgehead atoms. The maximum absolute atomic E-state index is 5.11. The van der Waals surface area contributed by atoms with Crippen LogP contribution in [-0.4, -0.2) is 35.8 Å². The zero-order valence-electron chi connectivity index (χ0n) is 7.95. The zero-order chi connectivity index (χ0) is 9.26. The lowest BCUT2D eigenvalue weighted by molar-refractivity contribution is 0.382. The highest BCUT2D eigenvalue weighted by Gasteiger charge is 2.22. The van der Waals surface area contributed by atoms with Crippen molar-refractivity contribution in [1.82, 2.24) is 15.5 Å². The molecule has 0 aromatic carbocycles. The summed E-state index contributed by atoms with van der Waals surface area (Å²) in [6.45, 7) is 6.86. The van der Waals surface area contributed by atoms with Gasteiger partial charge in [0.1, 0.15) is 0 Å².